The first kappa shape index (κ1) is 11.4. The van der Waals surface area contributed by atoms with E-state index in [1.165, 1.54) is 0 Å². The van der Waals surface area contributed by atoms with Crippen LogP contribution >= 0.6 is 0 Å². The monoisotopic (exact) mass is 223 g/mol. The summed E-state index contributed by atoms with van der Waals surface area (Å²) in [6, 6.07) is 1.73. The summed E-state index contributed by atoms with van der Waals surface area (Å²) in [5, 5.41) is 19.8. The van der Waals surface area contributed by atoms with Crippen molar-refractivity contribution in [2.45, 2.75) is 32.0 Å². The van der Waals surface area contributed by atoms with Crippen molar-refractivity contribution < 1.29 is 14.9 Å². The molecule has 0 aliphatic heterocycles. The second kappa shape index (κ2) is 4.80. The lowest BCUT2D eigenvalue weighted by Crippen LogP contribution is -2.20. The maximum atomic E-state index is 9.95. The SMILES string of the molecule is CCOc1cncc(C(O)C(O)C2CC2)c1. The Bertz CT molecular complexity index is 352. The summed E-state index contributed by atoms with van der Waals surface area (Å²) >= 11 is 0. The first-order valence-electron chi connectivity index (χ1n) is 5.66. The Morgan fingerprint density at radius 2 is 2.19 bits per heavy atom. The molecule has 16 heavy (non-hydrogen) atoms. The molecule has 1 saturated carbocycles. The third-order valence-corrected chi connectivity index (χ3v) is 2.82. The molecule has 0 amide bonds. The summed E-state index contributed by atoms with van der Waals surface area (Å²) in [4.78, 5) is 3.99. The highest BCUT2D eigenvalue weighted by Crippen LogP contribution is 2.38. The molecule has 2 rings (SSSR count). The second-order valence-electron chi connectivity index (χ2n) is 4.16. The molecule has 0 radical (unpaired) electrons. The van der Waals surface area contributed by atoms with Gasteiger partial charge >= 0.3 is 0 Å². The van der Waals surface area contributed by atoms with Crippen LogP contribution in [-0.4, -0.2) is 27.9 Å². The molecule has 1 aliphatic rings. The first-order chi connectivity index (χ1) is 7.72. The van der Waals surface area contributed by atoms with Crippen molar-refractivity contribution in [3.05, 3.63) is 24.0 Å². The fourth-order valence-electron chi connectivity index (χ4n) is 1.74. The van der Waals surface area contributed by atoms with Gasteiger partial charge in [-0.15, -0.1) is 0 Å². The van der Waals surface area contributed by atoms with Crippen LogP contribution in [-0.2, 0) is 0 Å². The minimum atomic E-state index is -0.861. The molecule has 0 saturated heterocycles. The normalized spacial score (nSPS) is 19.2. The van der Waals surface area contributed by atoms with E-state index in [4.69, 9.17) is 4.74 Å². The quantitative estimate of drug-likeness (QED) is 0.789. The van der Waals surface area contributed by atoms with Crippen LogP contribution in [0.4, 0.5) is 0 Å². The Kier molecular flexibility index (Phi) is 3.41. The molecule has 1 fully saturated rings. The number of aliphatic hydroxyl groups is 2. The fourth-order valence-corrected chi connectivity index (χ4v) is 1.74. The van der Waals surface area contributed by atoms with Gasteiger partial charge in [0.15, 0.2) is 0 Å². The molecule has 0 aromatic carbocycles. The van der Waals surface area contributed by atoms with Crippen molar-refractivity contribution in [3.63, 3.8) is 0 Å². The minimum Gasteiger partial charge on any atom is -0.492 e. The van der Waals surface area contributed by atoms with Crippen molar-refractivity contribution in [3.8, 4) is 5.75 Å². The number of aliphatic hydroxyl groups excluding tert-OH is 2. The van der Waals surface area contributed by atoms with Gasteiger partial charge in [0.25, 0.3) is 0 Å². The largest absolute Gasteiger partial charge is 0.492 e. The van der Waals surface area contributed by atoms with Gasteiger partial charge in [0, 0.05) is 11.8 Å². The lowest BCUT2D eigenvalue weighted by molar-refractivity contribution is 0.00454. The molecule has 4 nitrogen and oxygen atoms in total. The summed E-state index contributed by atoms with van der Waals surface area (Å²) < 4.78 is 5.30. The smallest absolute Gasteiger partial charge is 0.137 e. The molecule has 1 aromatic rings. The number of pyridine rings is 1. The number of rotatable bonds is 5. The highest BCUT2D eigenvalue weighted by atomic mass is 16.5. The second-order valence-corrected chi connectivity index (χ2v) is 4.16. The number of nitrogens with zero attached hydrogens (tertiary/aromatic N) is 1. The molecule has 0 bridgehead atoms. The van der Waals surface area contributed by atoms with E-state index < -0.39 is 12.2 Å². The van der Waals surface area contributed by atoms with Crippen molar-refractivity contribution in [2.75, 3.05) is 6.61 Å². The molecule has 1 aromatic heterocycles. The molecule has 4 heteroatoms. The van der Waals surface area contributed by atoms with Gasteiger partial charge in [-0.3, -0.25) is 4.98 Å². The van der Waals surface area contributed by atoms with Gasteiger partial charge in [0.1, 0.15) is 11.9 Å². The van der Waals surface area contributed by atoms with E-state index in [0.29, 0.717) is 17.9 Å². The Morgan fingerprint density at radius 1 is 1.44 bits per heavy atom. The van der Waals surface area contributed by atoms with E-state index >= 15 is 0 Å². The van der Waals surface area contributed by atoms with Crippen LogP contribution in [0.15, 0.2) is 18.5 Å². The average molecular weight is 223 g/mol. The third-order valence-electron chi connectivity index (χ3n) is 2.82. The molecule has 1 heterocycles. The Hall–Kier alpha value is -1.13. The van der Waals surface area contributed by atoms with E-state index in [-0.39, 0.29) is 5.92 Å². The summed E-state index contributed by atoms with van der Waals surface area (Å²) in [6.07, 6.45) is 3.62. The lowest BCUT2D eigenvalue weighted by atomic mass is 10.0. The topological polar surface area (TPSA) is 62.6 Å². The number of hydrogen-bond acceptors (Lipinski definition) is 4. The van der Waals surface area contributed by atoms with Gasteiger partial charge in [-0.05, 0) is 31.7 Å². The van der Waals surface area contributed by atoms with E-state index in [1.807, 2.05) is 6.92 Å². The van der Waals surface area contributed by atoms with Gasteiger partial charge in [0.2, 0.25) is 0 Å². The Labute approximate surface area is 94.9 Å². The lowest BCUT2D eigenvalue weighted by Gasteiger charge is -2.17. The Morgan fingerprint density at radius 3 is 2.81 bits per heavy atom. The van der Waals surface area contributed by atoms with Crippen molar-refractivity contribution in [1.82, 2.24) is 4.98 Å². The maximum absolute atomic E-state index is 9.95. The summed E-state index contributed by atoms with van der Waals surface area (Å²) in [6.45, 7) is 2.45. The van der Waals surface area contributed by atoms with E-state index in [0.717, 1.165) is 12.8 Å². The first-order valence-corrected chi connectivity index (χ1v) is 5.66. The highest BCUT2D eigenvalue weighted by Gasteiger charge is 2.35. The van der Waals surface area contributed by atoms with Gasteiger partial charge in [-0.2, -0.15) is 0 Å². The van der Waals surface area contributed by atoms with Crippen LogP contribution < -0.4 is 4.74 Å². The van der Waals surface area contributed by atoms with Crippen LogP contribution in [0.2, 0.25) is 0 Å². The summed E-state index contributed by atoms with van der Waals surface area (Å²) in [7, 11) is 0. The molecule has 1 aliphatic carbocycles. The van der Waals surface area contributed by atoms with Crippen LogP contribution in [0.1, 0.15) is 31.4 Å². The number of ether oxygens (including phenoxy) is 1. The van der Waals surface area contributed by atoms with Gasteiger partial charge in [-0.1, -0.05) is 0 Å². The zero-order valence-corrected chi connectivity index (χ0v) is 9.34. The van der Waals surface area contributed by atoms with Crippen molar-refractivity contribution in [1.29, 1.82) is 0 Å². The molecular formula is C12H17NO3. The van der Waals surface area contributed by atoms with Gasteiger partial charge in [-0.25, -0.2) is 0 Å². The maximum Gasteiger partial charge on any atom is 0.137 e. The standard InChI is InChI=1S/C12H17NO3/c1-2-16-10-5-9(6-13-7-10)12(15)11(14)8-3-4-8/h5-8,11-12,14-15H,2-4H2,1H3. The summed E-state index contributed by atoms with van der Waals surface area (Å²) in [5.41, 5.74) is 0.616. The van der Waals surface area contributed by atoms with Crippen LogP contribution in [0.25, 0.3) is 0 Å². The van der Waals surface area contributed by atoms with E-state index in [1.54, 1.807) is 18.5 Å². The zero-order chi connectivity index (χ0) is 11.5. The van der Waals surface area contributed by atoms with Gasteiger partial charge < -0.3 is 14.9 Å². The predicted molar refractivity (Wildman–Crippen MR) is 59.1 cm³/mol. The molecule has 0 spiro atoms. The molecule has 2 unspecified atom stereocenters. The van der Waals surface area contributed by atoms with Crippen molar-refractivity contribution >= 4 is 0 Å². The zero-order valence-electron chi connectivity index (χ0n) is 9.34. The molecule has 2 atom stereocenters. The van der Waals surface area contributed by atoms with Crippen molar-refractivity contribution in [2.24, 2.45) is 5.92 Å². The van der Waals surface area contributed by atoms with Crippen LogP contribution in [0.3, 0.4) is 0 Å². The van der Waals surface area contributed by atoms with E-state index in [2.05, 4.69) is 4.98 Å². The fraction of sp³-hybridized carbons (Fsp3) is 0.583. The van der Waals surface area contributed by atoms with E-state index in [9.17, 15) is 10.2 Å². The molecule has 88 valence electrons. The van der Waals surface area contributed by atoms with Crippen LogP contribution in [0.5, 0.6) is 5.75 Å². The minimum absolute atomic E-state index is 0.241. The van der Waals surface area contributed by atoms with Gasteiger partial charge in [0.05, 0.1) is 18.9 Å². The average Bonchev–Trinajstić information content (AvgIpc) is 3.12. The predicted octanol–water partition coefficient (Wildman–Crippen LogP) is 1.28. The van der Waals surface area contributed by atoms with Crippen LogP contribution in [0, 0.1) is 5.92 Å². The molecule has 2 N–H and O–H groups in total. The third kappa shape index (κ3) is 2.51. The summed E-state index contributed by atoms with van der Waals surface area (Å²) in [5.74, 6) is 0.868. The molecular weight excluding hydrogens is 206 g/mol. The Balaban J connectivity index is 2.09. The highest BCUT2D eigenvalue weighted by molar-refractivity contribution is 5.26. The number of hydrogen-bond donors (Lipinski definition) is 2. The number of aromatic nitrogens is 1.